The molecule has 0 aromatic heterocycles. The van der Waals surface area contributed by atoms with Gasteiger partial charge in [-0.25, -0.2) is 9.80 Å². The van der Waals surface area contributed by atoms with Gasteiger partial charge in [0.25, 0.3) is 5.91 Å². The Hall–Kier alpha value is -3.83. The Morgan fingerprint density at radius 3 is 2.29 bits per heavy atom. The Labute approximate surface area is 248 Å². The van der Waals surface area contributed by atoms with Gasteiger partial charge in [0, 0.05) is 43.7 Å². The van der Waals surface area contributed by atoms with Gasteiger partial charge < -0.3 is 29.2 Å². The Morgan fingerprint density at radius 2 is 1.67 bits per heavy atom. The van der Waals surface area contributed by atoms with E-state index in [9.17, 15) is 9.59 Å². The predicted octanol–water partition coefficient (Wildman–Crippen LogP) is 3.53. The number of carbonyl (C=O) groups excluding carboxylic acids is 2. The first-order valence-electron chi connectivity index (χ1n) is 14.2. The lowest BCUT2D eigenvalue weighted by molar-refractivity contribution is -0.133. The monoisotopic (exact) mass is 581 g/mol. The second-order valence-electron chi connectivity index (χ2n) is 11.4. The van der Waals surface area contributed by atoms with Crippen molar-refractivity contribution in [2.24, 2.45) is 5.10 Å². The average Bonchev–Trinajstić information content (AvgIpc) is 3.44. The molecule has 2 aromatic carbocycles. The van der Waals surface area contributed by atoms with E-state index in [0.717, 1.165) is 35.7 Å². The van der Waals surface area contributed by atoms with Crippen LogP contribution in [0.5, 0.6) is 17.2 Å². The van der Waals surface area contributed by atoms with Crippen molar-refractivity contribution in [2.45, 2.75) is 38.8 Å². The number of nitrogens with zero attached hydrogens (tertiary/aromatic N) is 4. The minimum absolute atomic E-state index is 0.131. The molecule has 0 spiro atoms. The van der Waals surface area contributed by atoms with Crippen LogP contribution in [0.15, 0.2) is 47.6 Å². The normalized spacial score (nSPS) is 17.4. The van der Waals surface area contributed by atoms with E-state index in [4.69, 9.17) is 24.0 Å². The van der Waals surface area contributed by atoms with Gasteiger partial charge in [0.15, 0.2) is 0 Å². The molecule has 0 unspecified atom stereocenters. The van der Waals surface area contributed by atoms with Gasteiger partial charge in [0.1, 0.15) is 23.8 Å². The first-order valence-corrected chi connectivity index (χ1v) is 14.2. The highest BCUT2D eigenvalue weighted by Gasteiger charge is 2.36. The molecule has 1 fully saturated rings. The number of ether oxygens (including phenoxy) is 4. The molecular formula is C31H43N5O6. The number of rotatable bonds is 10. The number of benzene rings is 2. The summed E-state index contributed by atoms with van der Waals surface area (Å²) in [6.07, 6.45) is 0.462. The van der Waals surface area contributed by atoms with E-state index in [1.165, 1.54) is 5.01 Å². The van der Waals surface area contributed by atoms with Gasteiger partial charge >= 0.3 is 6.03 Å². The number of hydrogen-bond donors (Lipinski definition) is 1. The van der Waals surface area contributed by atoms with Crippen molar-refractivity contribution < 1.29 is 28.5 Å². The van der Waals surface area contributed by atoms with Gasteiger partial charge in [-0.05, 0) is 68.8 Å². The van der Waals surface area contributed by atoms with Crippen LogP contribution in [0.2, 0.25) is 0 Å². The van der Waals surface area contributed by atoms with Gasteiger partial charge in [-0.2, -0.15) is 5.10 Å². The van der Waals surface area contributed by atoms with Crippen LogP contribution in [0.4, 0.5) is 4.79 Å². The van der Waals surface area contributed by atoms with E-state index in [0.29, 0.717) is 44.2 Å². The number of morpholine rings is 1. The Kier molecular flexibility index (Phi) is 10.3. The van der Waals surface area contributed by atoms with E-state index in [1.54, 1.807) is 26.2 Å². The van der Waals surface area contributed by atoms with Crippen LogP contribution < -0.4 is 19.5 Å². The lowest BCUT2D eigenvalue weighted by Gasteiger charge is -2.33. The van der Waals surface area contributed by atoms with E-state index in [1.807, 2.05) is 63.2 Å². The van der Waals surface area contributed by atoms with Gasteiger partial charge in [0.05, 0.1) is 46.3 Å². The van der Waals surface area contributed by atoms with Crippen LogP contribution >= 0.6 is 0 Å². The summed E-state index contributed by atoms with van der Waals surface area (Å²) in [6, 6.07) is 12.4. The third kappa shape index (κ3) is 7.92. The molecule has 2 heterocycles. The van der Waals surface area contributed by atoms with Gasteiger partial charge in [-0.15, -0.1) is 0 Å². The van der Waals surface area contributed by atoms with Crippen LogP contribution in [-0.4, -0.2) is 105 Å². The summed E-state index contributed by atoms with van der Waals surface area (Å²) in [4.78, 5) is 31.3. The summed E-state index contributed by atoms with van der Waals surface area (Å²) in [7, 11) is 4.82. The minimum Gasteiger partial charge on any atom is -0.497 e. The molecule has 4 rings (SSSR count). The summed E-state index contributed by atoms with van der Waals surface area (Å²) in [5, 5.41) is 9.32. The molecule has 0 radical (unpaired) electrons. The van der Waals surface area contributed by atoms with Gasteiger partial charge in [-0.3, -0.25) is 9.69 Å². The third-order valence-corrected chi connectivity index (χ3v) is 7.27. The van der Waals surface area contributed by atoms with E-state index < -0.39 is 11.6 Å². The molecule has 11 nitrogen and oxygen atoms in total. The molecule has 42 heavy (non-hydrogen) atoms. The quantitative estimate of drug-likeness (QED) is 0.458. The zero-order valence-corrected chi connectivity index (χ0v) is 25.5. The molecule has 1 N–H and O–H groups in total. The van der Waals surface area contributed by atoms with Crippen LogP contribution in [0.25, 0.3) is 0 Å². The van der Waals surface area contributed by atoms with Crippen LogP contribution in [0, 0.1) is 0 Å². The molecule has 2 aliphatic heterocycles. The number of nitrogens with one attached hydrogen (secondary N) is 1. The largest absolute Gasteiger partial charge is 0.497 e. The smallest absolute Gasteiger partial charge is 0.318 e. The van der Waals surface area contributed by atoms with Crippen molar-refractivity contribution >= 4 is 17.6 Å². The molecule has 1 saturated heterocycles. The second-order valence-corrected chi connectivity index (χ2v) is 11.4. The lowest BCUT2D eigenvalue weighted by Crippen LogP contribution is -2.53. The molecule has 0 bridgehead atoms. The summed E-state index contributed by atoms with van der Waals surface area (Å²) in [6.45, 7) is 9.57. The van der Waals surface area contributed by atoms with Crippen molar-refractivity contribution in [3.63, 3.8) is 0 Å². The van der Waals surface area contributed by atoms with E-state index in [2.05, 4.69) is 10.2 Å². The zero-order valence-electron chi connectivity index (χ0n) is 25.5. The van der Waals surface area contributed by atoms with Crippen molar-refractivity contribution in [1.82, 2.24) is 20.1 Å². The topological polar surface area (TPSA) is 105 Å². The van der Waals surface area contributed by atoms with Crippen LogP contribution in [-0.2, 0) is 9.53 Å². The first kappa shape index (κ1) is 31.1. The molecule has 228 valence electrons. The fraction of sp³-hybridized carbons (Fsp3) is 0.516. The molecule has 0 saturated carbocycles. The molecule has 2 aliphatic rings. The Bertz CT molecular complexity index is 1250. The van der Waals surface area contributed by atoms with Crippen LogP contribution in [0.1, 0.15) is 44.4 Å². The van der Waals surface area contributed by atoms with Crippen molar-refractivity contribution in [1.29, 1.82) is 0 Å². The number of methoxy groups -OCH3 is 3. The maximum atomic E-state index is 14.1. The SMILES string of the molecule is COc1ccc(C2=NN(C(=O)CN(CCN3CCOCC3)C(=O)NC(C)(C)C)[C@H](c3cc(OC)ccc3OC)C2)cc1. The minimum atomic E-state index is -0.457. The average molecular weight is 582 g/mol. The fourth-order valence-electron chi connectivity index (χ4n) is 5.02. The molecule has 11 heteroatoms. The maximum Gasteiger partial charge on any atom is 0.318 e. The van der Waals surface area contributed by atoms with Crippen LogP contribution in [0.3, 0.4) is 0 Å². The van der Waals surface area contributed by atoms with Gasteiger partial charge in [-0.1, -0.05) is 0 Å². The highest BCUT2D eigenvalue weighted by molar-refractivity contribution is 6.03. The summed E-state index contributed by atoms with van der Waals surface area (Å²) >= 11 is 0. The number of amides is 3. The third-order valence-electron chi connectivity index (χ3n) is 7.27. The molecular weight excluding hydrogens is 538 g/mol. The first-order chi connectivity index (χ1) is 20.1. The number of hydrazone groups is 1. The maximum absolute atomic E-state index is 14.1. The Balaban J connectivity index is 1.64. The second kappa shape index (κ2) is 13.9. The summed E-state index contributed by atoms with van der Waals surface area (Å²) < 4.78 is 22.0. The lowest BCUT2D eigenvalue weighted by atomic mass is 9.97. The highest BCUT2D eigenvalue weighted by atomic mass is 16.5. The van der Waals surface area contributed by atoms with Gasteiger partial charge in [0.2, 0.25) is 0 Å². The predicted molar refractivity (Wildman–Crippen MR) is 160 cm³/mol. The highest BCUT2D eigenvalue weighted by Crippen LogP contribution is 2.39. The number of carbonyl (C=O) groups is 2. The van der Waals surface area contributed by atoms with Crippen molar-refractivity contribution in [3.8, 4) is 17.2 Å². The molecule has 3 amide bonds. The molecule has 0 aliphatic carbocycles. The fourth-order valence-corrected chi connectivity index (χ4v) is 5.02. The number of hydrogen-bond acceptors (Lipinski definition) is 8. The summed E-state index contributed by atoms with van der Waals surface area (Å²) in [5.74, 6) is 1.71. The van der Waals surface area contributed by atoms with E-state index >= 15 is 0 Å². The zero-order chi connectivity index (χ0) is 30.3. The standard InChI is InChI=1S/C31H43N5O6/c1-31(2,3)32-30(38)35(14-13-34-15-17-42-18-16-34)21-29(37)36-27(25-19-24(40-5)11-12-28(25)41-6)20-26(33-36)22-7-9-23(39-4)10-8-22/h7-12,19,27H,13-18,20-21H2,1-6H3,(H,32,38)/t27-/m0/s1. The summed E-state index contributed by atoms with van der Waals surface area (Å²) in [5.41, 5.74) is 1.95. The molecule has 1 atom stereocenters. The van der Waals surface area contributed by atoms with Crippen molar-refractivity contribution in [3.05, 3.63) is 53.6 Å². The molecule has 2 aromatic rings. The van der Waals surface area contributed by atoms with Crippen molar-refractivity contribution in [2.75, 3.05) is 67.3 Å². The number of urea groups is 1. The van der Waals surface area contributed by atoms with E-state index in [-0.39, 0.29) is 18.5 Å². The Morgan fingerprint density at radius 1 is 1.00 bits per heavy atom.